The highest BCUT2D eigenvalue weighted by Crippen LogP contribution is 2.33. The number of aromatic amines is 1. The van der Waals surface area contributed by atoms with Gasteiger partial charge >= 0.3 is 0 Å². The third-order valence-corrected chi connectivity index (χ3v) is 5.82. The molecule has 0 spiro atoms. The quantitative estimate of drug-likeness (QED) is 0.384. The number of aliphatic hydroxyl groups excluding tert-OH is 1. The van der Waals surface area contributed by atoms with Gasteiger partial charge in [0.1, 0.15) is 13.2 Å². The van der Waals surface area contributed by atoms with Crippen molar-refractivity contribution < 1.29 is 14.6 Å². The van der Waals surface area contributed by atoms with E-state index >= 15 is 0 Å². The third kappa shape index (κ3) is 4.92. The molecule has 5 rings (SSSR count). The van der Waals surface area contributed by atoms with E-state index in [1.807, 2.05) is 35.2 Å². The second kappa shape index (κ2) is 10.0. The minimum absolute atomic E-state index is 0.0459. The lowest BCUT2D eigenvalue weighted by molar-refractivity contribution is 0.172. The average molecular weight is 463 g/mol. The van der Waals surface area contributed by atoms with Gasteiger partial charge in [0.25, 0.3) is 5.56 Å². The lowest BCUT2D eigenvalue weighted by atomic mass is 10.1. The van der Waals surface area contributed by atoms with Crippen molar-refractivity contribution in [3.63, 3.8) is 0 Å². The maximum Gasteiger partial charge on any atom is 0.252 e. The Morgan fingerprint density at radius 1 is 1.06 bits per heavy atom. The van der Waals surface area contributed by atoms with Crippen molar-refractivity contribution in [2.45, 2.75) is 26.1 Å². The van der Waals surface area contributed by atoms with E-state index in [0.29, 0.717) is 67.8 Å². The van der Waals surface area contributed by atoms with E-state index in [9.17, 15) is 9.90 Å². The number of nitrogens with zero attached hydrogens (tertiary/aromatic N) is 5. The van der Waals surface area contributed by atoms with Gasteiger partial charge in [-0.2, -0.15) is 0 Å². The van der Waals surface area contributed by atoms with Crippen molar-refractivity contribution in [3.05, 3.63) is 75.8 Å². The van der Waals surface area contributed by atoms with Crippen LogP contribution in [0.1, 0.15) is 17.0 Å². The van der Waals surface area contributed by atoms with Gasteiger partial charge in [-0.25, -0.2) is 4.68 Å². The number of aliphatic hydroxyl groups is 1. The van der Waals surface area contributed by atoms with Crippen molar-refractivity contribution >= 4 is 10.9 Å². The summed E-state index contributed by atoms with van der Waals surface area (Å²) in [5.41, 5.74) is 2.30. The van der Waals surface area contributed by atoms with E-state index in [1.165, 1.54) is 5.56 Å². The molecular weight excluding hydrogens is 436 g/mol. The van der Waals surface area contributed by atoms with E-state index < -0.39 is 0 Å². The summed E-state index contributed by atoms with van der Waals surface area (Å²) in [4.78, 5) is 17.7. The van der Waals surface area contributed by atoms with Crippen LogP contribution >= 0.6 is 0 Å². The molecular formula is C24H26N6O4. The maximum absolute atomic E-state index is 12.8. The minimum Gasteiger partial charge on any atom is -0.486 e. The monoisotopic (exact) mass is 462 g/mol. The van der Waals surface area contributed by atoms with Gasteiger partial charge in [0.2, 0.25) is 0 Å². The van der Waals surface area contributed by atoms with E-state index in [-0.39, 0.29) is 12.2 Å². The second-order valence-electron chi connectivity index (χ2n) is 8.19. The number of hydrogen-bond acceptors (Lipinski definition) is 8. The van der Waals surface area contributed by atoms with Crippen LogP contribution in [0.3, 0.4) is 0 Å². The maximum atomic E-state index is 12.8. The first-order valence-corrected chi connectivity index (χ1v) is 11.3. The van der Waals surface area contributed by atoms with Crippen LogP contribution in [0.4, 0.5) is 0 Å². The lowest BCUT2D eigenvalue weighted by Crippen LogP contribution is -2.30. The topological polar surface area (TPSA) is 118 Å². The van der Waals surface area contributed by atoms with Crippen LogP contribution in [0.2, 0.25) is 0 Å². The first kappa shape index (κ1) is 22.1. The SMILES string of the molecule is O=c1[nH]c2cc3c(cc2cc1CN(CCO)Cc1nnnn1CCc1ccccc1)OCCO3. The average Bonchev–Trinajstić information content (AvgIpc) is 3.29. The van der Waals surface area contributed by atoms with E-state index in [4.69, 9.17) is 9.47 Å². The van der Waals surface area contributed by atoms with Crippen LogP contribution in [0.15, 0.2) is 53.3 Å². The zero-order valence-electron chi connectivity index (χ0n) is 18.7. The number of tetrazole rings is 1. The number of nitrogens with one attached hydrogen (secondary N) is 1. The summed E-state index contributed by atoms with van der Waals surface area (Å²) in [5, 5.41) is 22.6. The minimum atomic E-state index is -0.184. The molecule has 10 nitrogen and oxygen atoms in total. The van der Waals surface area contributed by atoms with Crippen LogP contribution in [0.5, 0.6) is 11.5 Å². The third-order valence-electron chi connectivity index (χ3n) is 5.82. The van der Waals surface area contributed by atoms with Crippen molar-refractivity contribution in [2.24, 2.45) is 0 Å². The molecule has 1 aliphatic rings. The number of ether oxygens (including phenoxy) is 2. The van der Waals surface area contributed by atoms with Gasteiger partial charge in [-0.15, -0.1) is 5.10 Å². The van der Waals surface area contributed by atoms with Gasteiger partial charge in [-0.1, -0.05) is 30.3 Å². The second-order valence-corrected chi connectivity index (χ2v) is 8.19. The molecule has 2 aromatic carbocycles. The molecule has 0 bridgehead atoms. The van der Waals surface area contributed by atoms with Crippen molar-refractivity contribution in [1.29, 1.82) is 0 Å². The smallest absolute Gasteiger partial charge is 0.252 e. The predicted molar refractivity (Wildman–Crippen MR) is 125 cm³/mol. The fraction of sp³-hybridized carbons (Fsp3) is 0.333. The van der Waals surface area contributed by atoms with Gasteiger partial charge < -0.3 is 19.6 Å². The van der Waals surface area contributed by atoms with Crippen LogP contribution in [-0.4, -0.2) is 61.6 Å². The van der Waals surface area contributed by atoms with Gasteiger partial charge in [-0.3, -0.25) is 9.69 Å². The molecule has 0 unspecified atom stereocenters. The van der Waals surface area contributed by atoms with Gasteiger partial charge in [0.15, 0.2) is 17.3 Å². The largest absolute Gasteiger partial charge is 0.486 e. The number of fused-ring (bicyclic) bond motifs is 2. The van der Waals surface area contributed by atoms with Crippen LogP contribution in [-0.2, 0) is 26.1 Å². The van der Waals surface area contributed by atoms with Crippen LogP contribution in [0, 0.1) is 0 Å². The van der Waals surface area contributed by atoms with Crippen molar-refractivity contribution in [1.82, 2.24) is 30.1 Å². The number of benzene rings is 2. The molecule has 0 aliphatic carbocycles. The molecule has 0 radical (unpaired) electrons. The predicted octanol–water partition coefficient (Wildman–Crippen LogP) is 1.52. The first-order chi connectivity index (χ1) is 16.7. The molecule has 1 aliphatic heterocycles. The molecule has 2 N–H and O–H groups in total. The van der Waals surface area contributed by atoms with E-state index in [2.05, 4.69) is 32.6 Å². The van der Waals surface area contributed by atoms with Crippen molar-refractivity contribution in [3.8, 4) is 11.5 Å². The standard InChI is InChI=1S/C24H26N6O4/c31-9-8-29(16-23-26-27-28-30(23)7-6-17-4-2-1-3-5-17)15-19-12-18-13-21-22(34-11-10-33-21)14-20(18)25-24(19)32/h1-5,12-14,31H,6-11,15-16H2,(H,25,32). The number of H-pyrrole nitrogens is 1. The molecule has 10 heteroatoms. The van der Waals surface area contributed by atoms with Gasteiger partial charge in [0, 0.05) is 36.7 Å². The summed E-state index contributed by atoms with van der Waals surface area (Å²) in [5.74, 6) is 1.98. The number of rotatable bonds is 9. The number of aromatic nitrogens is 5. The van der Waals surface area contributed by atoms with Crippen molar-refractivity contribution in [2.75, 3.05) is 26.4 Å². The Kier molecular flexibility index (Phi) is 6.50. The molecule has 4 aromatic rings. The van der Waals surface area contributed by atoms with Gasteiger partial charge in [0.05, 0.1) is 18.7 Å². The molecule has 0 fully saturated rings. The molecule has 0 amide bonds. The Labute approximate surface area is 195 Å². The van der Waals surface area contributed by atoms with E-state index in [0.717, 1.165) is 11.8 Å². The number of hydrogen-bond donors (Lipinski definition) is 2. The molecule has 0 saturated heterocycles. The number of pyridine rings is 1. The zero-order chi connectivity index (χ0) is 23.3. The number of aryl methyl sites for hydroxylation is 2. The molecule has 0 saturated carbocycles. The Balaban J connectivity index is 1.34. The highest BCUT2D eigenvalue weighted by Gasteiger charge is 2.17. The zero-order valence-corrected chi connectivity index (χ0v) is 18.7. The summed E-state index contributed by atoms with van der Waals surface area (Å²) < 4.78 is 13.1. The van der Waals surface area contributed by atoms with Crippen LogP contribution in [0.25, 0.3) is 10.9 Å². The Hall–Kier alpha value is -3.76. The fourth-order valence-corrected chi connectivity index (χ4v) is 4.09. The van der Waals surface area contributed by atoms with E-state index in [1.54, 1.807) is 10.7 Å². The Bertz CT molecular complexity index is 1320. The highest BCUT2D eigenvalue weighted by atomic mass is 16.6. The summed E-state index contributed by atoms with van der Waals surface area (Å²) in [6, 6.07) is 15.7. The first-order valence-electron chi connectivity index (χ1n) is 11.3. The Morgan fingerprint density at radius 3 is 2.65 bits per heavy atom. The Morgan fingerprint density at radius 2 is 1.85 bits per heavy atom. The summed E-state index contributed by atoms with van der Waals surface area (Å²) in [6.45, 7) is 2.70. The molecule has 176 valence electrons. The highest BCUT2D eigenvalue weighted by molar-refractivity contribution is 5.83. The molecule has 2 aromatic heterocycles. The lowest BCUT2D eigenvalue weighted by Gasteiger charge is -2.21. The normalized spacial score (nSPS) is 13.0. The van der Waals surface area contributed by atoms with Gasteiger partial charge in [-0.05, 0) is 34.5 Å². The summed E-state index contributed by atoms with van der Waals surface area (Å²) in [7, 11) is 0. The summed E-state index contributed by atoms with van der Waals surface area (Å²) in [6.07, 6.45) is 0.805. The summed E-state index contributed by atoms with van der Waals surface area (Å²) >= 11 is 0. The molecule has 0 atom stereocenters. The molecule has 3 heterocycles. The van der Waals surface area contributed by atoms with Crippen LogP contribution < -0.4 is 15.0 Å². The fourth-order valence-electron chi connectivity index (χ4n) is 4.09. The molecule has 34 heavy (non-hydrogen) atoms.